The molecule has 1 unspecified atom stereocenters. The van der Waals surface area contributed by atoms with Gasteiger partial charge in [0, 0.05) is 17.5 Å². The standard InChI is InChI=1S/C12H11BrF2O4/c13-5-7(16)4-6-2-1-3-8(9(6)11(14)15)10(17)12(18)19/h1-3,10-11,17H,4-5H2,(H,18,19). The Hall–Kier alpha value is -1.34. The van der Waals surface area contributed by atoms with E-state index in [1.807, 2.05) is 0 Å². The van der Waals surface area contributed by atoms with Gasteiger partial charge in [0.1, 0.15) is 5.78 Å². The van der Waals surface area contributed by atoms with Crippen molar-refractivity contribution in [3.8, 4) is 0 Å². The van der Waals surface area contributed by atoms with Crippen LogP contribution in [-0.2, 0) is 16.0 Å². The van der Waals surface area contributed by atoms with Crippen molar-refractivity contribution in [3.05, 3.63) is 34.9 Å². The van der Waals surface area contributed by atoms with E-state index in [0.717, 1.165) is 6.07 Å². The molecule has 0 aliphatic heterocycles. The van der Waals surface area contributed by atoms with Crippen molar-refractivity contribution in [1.82, 2.24) is 0 Å². The number of carbonyl (C=O) groups excluding carboxylic acids is 1. The maximum atomic E-state index is 13.0. The monoisotopic (exact) mass is 336 g/mol. The zero-order valence-electron chi connectivity index (χ0n) is 9.65. The molecule has 4 nitrogen and oxygen atoms in total. The number of hydrogen-bond acceptors (Lipinski definition) is 3. The molecule has 0 aliphatic rings. The molecule has 1 aromatic carbocycles. The average molecular weight is 337 g/mol. The lowest BCUT2D eigenvalue weighted by atomic mass is 9.94. The van der Waals surface area contributed by atoms with Gasteiger partial charge in [-0.15, -0.1) is 0 Å². The lowest BCUT2D eigenvalue weighted by Crippen LogP contribution is -2.15. The molecule has 0 amide bonds. The predicted octanol–water partition coefficient (Wildman–Crippen LogP) is 2.25. The summed E-state index contributed by atoms with van der Waals surface area (Å²) in [6.07, 6.45) is -5.25. The van der Waals surface area contributed by atoms with Crippen LogP contribution in [0.3, 0.4) is 0 Å². The first-order valence-corrected chi connectivity index (χ1v) is 6.39. The molecule has 0 saturated carbocycles. The van der Waals surface area contributed by atoms with Crippen molar-refractivity contribution >= 4 is 27.7 Å². The van der Waals surface area contributed by atoms with Gasteiger partial charge in [0.05, 0.1) is 5.33 Å². The second-order valence-electron chi connectivity index (χ2n) is 3.81. The third kappa shape index (κ3) is 3.81. The van der Waals surface area contributed by atoms with Crippen LogP contribution in [0, 0.1) is 0 Å². The van der Waals surface area contributed by atoms with E-state index in [4.69, 9.17) is 5.11 Å². The lowest BCUT2D eigenvalue weighted by molar-refractivity contribution is -0.147. The van der Waals surface area contributed by atoms with E-state index >= 15 is 0 Å². The number of alkyl halides is 3. The van der Waals surface area contributed by atoms with Gasteiger partial charge in [0.15, 0.2) is 6.10 Å². The molecule has 1 atom stereocenters. The number of carboxylic acids is 1. The summed E-state index contributed by atoms with van der Waals surface area (Å²) in [6.45, 7) is 0. The fourth-order valence-corrected chi connectivity index (χ4v) is 1.88. The summed E-state index contributed by atoms with van der Waals surface area (Å²) in [5.74, 6) is -1.94. The van der Waals surface area contributed by atoms with Crippen LogP contribution in [0.2, 0.25) is 0 Å². The molecule has 0 spiro atoms. The number of carboxylic acid groups (broad SMARTS) is 1. The zero-order valence-corrected chi connectivity index (χ0v) is 11.2. The van der Waals surface area contributed by atoms with Gasteiger partial charge in [0.2, 0.25) is 0 Å². The molecule has 19 heavy (non-hydrogen) atoms. The molecule has 1 aromatic rings. The minimum Gasteiger partial charge on any atom is -0.479 e. The first-order chi connectivity index (χ1) is 8.88. The maximum absolute atomic E-state index is 13.0. The number of halogens is 3. The maximum Gasteiger partial charge on any atom is 0.337 e. The molecule has 1 rings (SSSR count). The number of aliphatic hydroxyl groups excluding tert-OH is 1. The molecular formula is C12H11BrF2O4. The molecule has 0 heterocycles. The van der Waals surface area contributed by atoms with E-state index < -0.39 is 24.1 Å². The van der Waals surface area contributed by atoms with Crippen molar-refractivity contribution in [3.63, 3.8) is 0 Å². The van der Waals surface area contributed by atoms with Crippen molar-refractivity contribution in [2.75, 3.05) is 5.33 Å². The number of hydrogen-bond donors (Lipinski definition) is 2. The number of carbonyl (C=O) groups is 2. The predicted molar refractivity (Wildman–Crippen MR) is 66.5 cm³/mol. The van der Waals surface area contributed by atoms with Gasteiger partial charge in [-0.25, -0.2) is 13.6 Å². The molecule has 0 fully saturated rings. The summed E-state index contributed by atoms with van der Waals surface area (Å²) >= 11 is 2.92. The van der Waals surface area contributed by atoms with E-state index in [9.17, 15) is 23.5 Å². The van der Waals surface area contributed by atoms with Crippen LogP contribution in [0.4, 0.5) is 8.78 Å². The van der Waals surface area contributed by atoms with Gasteiger partial charge < -0.3 is 10.2 Å². The number of aliphatic hydroxyl groups is 1. The SMILES string of the molecule is O=C(CBr)Cc1cccc(C(O)C(=O)O)c1C(F)F. The Kier molecular flexibility index (Phi) is 5.56. The third-order valence-corrected chi connectivity index (χ3v) is 3.14. The summed E-state index contributed by atoms with van der Waals surface area (Å²) in [5, 5.41) is 18.1. The fourth-order valence-electron chi connectivity index (χ4n) is 1.68. The molecule has 0 aromatic heterocycles. The Labute approximate surface area is 116 Å². The summed E-state index contributed by atoms with van der Waals surface area (Å²) in [7, 11) is 0. The third-order valence-electron chi connectivity index (χ3n) is 2.51. The topological polar surface area (TPSA) is 74.6 Å². The first-order valence-electron chi connectivity index (χ1n) is 5.26. The Bertz CT molecular complexity index is 491. The molecule has 0 bridgehead atoms. The quantitative estimate of drug-likeness (QED) is 0.781. The lowest BCUT2D eigenvalue weighted by Gasteiger charge is -2.15. The minimum absolute atomic E-state index is 0.0153. The van der Waals surface area contributed by atoms with Crippen LogP contribution in [0.15, 0.2) is 18.2 Å². The summed E-state index contributed by atoms with van der Waals surface area (Å²) in [4.78, 5) is 22.0. The number of ketones is 1. The van der Waals surface area contributed by atoms with E-state index in [0.29, 0.717) is 0 Å². The summed E-state index contributed by atoms with van der Waals surface area (Å²) in [5.41, 5.74) is -0.952. The highest BCUT2D eigenvalue weighted by atomic mass is 79.9. The molecule has 7 heteroatoms. The van der Waals surface area contributed by atoms with Crippen LogP contribution in [0.5, 0.6) is 0 Å². The van der Waals surface area contributed by atoms with Gasteiger partial charge in [-0.3, -0.25) is 4.79 Å². The van der Waals surface area contributed by atoms with Crippen LogP contribution in [0.25, 0.3) is 0 Å². The zero-order chi connectivity index (χ0) is 14.6. The van der Waals surface area contributed by atoms with Crippen molar-refractivity contribution < 1.29 is 28.6 Å². The second-order valence-corrected chi connectivity index (χ2v) is 4.37. The average Bonchev–Trinajstić information content (AvgIpc) is 2.36. The van der Waals surface area contributed by atoms with E-state index in [1.54, 1.807) is 0 Å². The first kappa shape index (κ1) is 15.7. The molecule has 104 valence electrons. The summed E-state index contributed by atoms with van der Waals surface area (Å²) in [6, 6.07) is 3.77. The van der Waals surface area contributed by atoms with Gasteiger partial charge in [0.25, 0.3) is 6.43 Å². The molecule has 0 saturated heterocycles. The summed E-state index contributed by atoms with van der Waals surface area (Å²) < 4.78 is 26.1. The molecule has 2 N–H and O–H groups in total. The molecule has 0 aliphatic carbocycles. The van der Waals surface area contributed by atoms with Crippen molar-refractivity contribution in [1.29, 1.82) is 0 Å². The van der Waals surface area contributed by atoms with E-state index in [2.05, 4.69) is 15.9 Å². The number of rotatable bonds is 6. The van der Waals surface area contributed by atoms with Gasteiger partial charge in [-0.2, -0.15) is 0 Å². The highest BCUT2D eigenvalue weighted by Crippen LogP contribution is 2.31. The van der Waals surface area contributed by atoms with Crippen LogP contribution in [-0.4, -0.2) is 27.3 Å². The Morgan fingerprint density at radius 1 is 1.32 bits per heavy atom. The number of benzene rings is 1. The number of Topliss-reactive ketones (excluding diaryl/α,β-unsaturated/α-hetero) is 1. The smallest absolute Gasteiger partial charge is 0.337 e. The molecule has 0 radical (unpaired) electrons. The Balaban J connectivity index is 3.29. The molecular weight excluding hydrogens is 326 g/mol. The van der Waals surface area contributed by atoms with Crippen molar-refractivity contribution in [2.24, 2.45) is 0 Å². The fraction of sp³-hybridized carbons (Fsp3) is 0.333. The van der Waals surface area contributed by atoms with Gasteiger partial charge in [-0.05, 0) is 5.56 Å². The Morgan fingerprint density at radius 3 is 2.42 bits per heavy atom. The van der Waals surface area contributed by atoms with Crippen molar-refractivity contribution in [2.45, 2.75) is 19.0 Å². The largest absolute Gasteiger partial charge is 0.479 e. The highest BCUT2D eigenvalue weighted by molar-refractivity contribution is 9.09. The van der Waals surface area contributed by atoms with Gasteiger partial charge >= 0.3 is 5.97 Å². The normalized spacial score (nSPS) is 12.5. The van der Waals surface area contributed by atoms with Crippen LogP contribution in [0.1, 0.15) is 29.2 Å². The number of aliphatic carboxylic acids is 1. The van der Waals surface area contributed by atoms with Gasteiger partial charge in [-0.1, -0.05) is 34.1 Å². The minimum atomic E-state index is -2.97. The van der Waals surface area contributed by atoms with E-state index in [-0.39, 0.29) is 28.7 Å². The Morgan fingerprint density at radius 2 is 1.95 bits per heavy atom. The van der Waals surface area contributed by atoms with E-state index in [1.165, 1.54) is 12.1 Å². The van der Waals surface area contributed by atoms with Crippen LogP contribution >= 0.6 is 15.9 Å². The highest BCUT2D eigenvalue weighted by Gasteiger charge is 2.26. The second kappa shape index (κ2) is 6.72. The van der Waals surface area contributed by atoms with Crippen LogP contribution < -0.4 is 0 Å².